The van der Waals surface area contributed by atoms with Crippen LogP contribution in [-0.4, -0.2) is 33.0 Å². The van der Waals surface area contributed by atoms with Crippen LogP contribution in [0.3, 0.4) is 0 Å². The summed E-state index contributed by atoms with van der Waals surface area (Å²) in [7, 11) is 1.87. The van der Waals surface area contributed by atoms with Gasteiger partial charge in [-0.3, -0.25) is 4.79 Å². The molecule has 3 aromatic rings. The minimum absolute atomic E-state index is 0.114. The van der Waals surface area contributed by atoms with Crippen molar-refractivity contribution < 1.29 is 14.3 Å². The van der Waals surface area contributed by atoms with Gasteiger partial charge in [-0.15, -0.1) is 10.2 Å². The summed E-state index contributed by atoms with van der Waals surface area (Å²) in [5.41, 5.74) is 0.725. The SMILES string of the molecule is CCOc1ccc(NC(=O)CSc2nnc(C(C)Oc3ccccc3)n2C)cc1. The Balaban J connectivity index is 1.53. The Morgan fingerprint density at radius 3 is 2.52 bits per heavy atom. The summed E-state index contributed by atoms with van der Waals surface area (Å²) in [6.45, 7) is 4.46. The van der Waals surface area contributed by atoms with Crippen molar-refractivity contribution in [2.75, 3.05) is 17.7 Å². The van der Waals surface area contributed by atoms with E-state index in [1.54, 1.807) is 0 Å². The van der Waals surface area contributed by atoms with Gasteiger partial charge in [-0.25, -0.2) is 0 Å². The summed E-state index contributed by atoms with van der Waals surface area (Å²) in [6.07, 6.45) is -0.262. The minimum atomic E-state index is -0.262. The number of hydrogen-bond donors (Lipinski definition) is 1. The molecule has 1 atom stereocenters. The van der Waals surface area contributed by atoms with Gasteiger partial charge in [0.1, 0.15) is 11.5 Å². The molecular formula is C21H24N4O3S. The number of anilines is 1. The lowest BCUT2D eigenvalue weighted by Crippen LogP contribution is -2.14. The first-order valence-corrected chi connectivity index (χ1v) is 10.3. The molecule has 1 N–H and O–H groups in total. The number of para-hydroxylation sites is 1. The standard InChI is InChI=1S/C21H24N4O3S/c1-4-27-17-12-10-16(11-13-17)22-19(26)14-29-21-24-23-20(25(21)3)15(2)28-18-8-6-5-7-9-18/h5-13,15H,4,14H2,1-3H3,(H,22,26). The second-order valence-electron chi connectivity index (χ2n) is 6.27. The number of nitrogens with zero attached hydrogens (tertiary/aromatic N) is 3. The summed E-state index contributed by atoms with van der Waals surface area (Å²) in [5.74, 6) is 2.36. The molecule has 7 nitrogen and oxygen atoms in total. The van der Waals surface area contributed by atoms with E-state index in [4.69, 9.17) is 9.47 Å². The molecule has 0 saturated heterocycles. The second kappa shape index (κ2) is 9.97. The Hall–Kier alpha value is -3.00. The molecule has 0 aliphatic rings. The maximum atomic E-state index is 12.2. The number of thioether (sulfide) groups is 1. The molecule has 0 fully saturated rings. The van der Waals surface area contributed by atoms with Crippen LogP contribution in [0.25, 0.3) is 0 Å². The third-order valence-electron chi connectivity index (χ3n) is 4.07. The number of carbonyl (C=O) groups is 1. The van der Waals surface area contributed by atoms with E-state index in [1.165, 1.54) is 11.8 Å². The Labute approximate surface area is 174 Å². The van der Waals surface area contributed by atoms with Gasteiger partial charge < -0.3 is 19.4 Å². The first kappa shape index (κ1) is 20.7. The summed E-state index contributed by atoms with van der Waals surface area (Å²) < 4.78 is 13.2. The Morgan fingerprint density at radius 1 is 1.10 bits per heavy atom. The van der Waals surface area contributed by atoms with Gasteiger partial charge in [0.25, 0.3) is 0 Å². The number of ether oxygens (including phenoxy) is 2. The van der Waals surface area contributed by atoms with Crippen molar-refractivity contribution in [3.63, 3.8) is 0 Å². The smallest absolute Gasteiger partial charge is 0.234 e. The molecule has 0 aliphatic carbocycles. The quantitative estimate of drug-likeness (QED) is 0.534. The van der Waals surface area contributed by atoms with E-state index in [-0.39, 0.29) is 17.8 Å². The average molecular weight is 413 g/mol. The lowest BCUT2D eigenvalue weighted by Gasteiger charge is -2.14. The number of carbonyl (C=O) groups excluding carboxylic acids is 1. The van der Waals surface area contributed by atoms with Gasteiger partial charge in [-0.2, -0.15) is 0 Å². The van der Waals surface area contributed by atoms with Gasteiger partial charge in [-0.1, -0.05) is 30.0 Å². The van der Waals surface area contributed by atoms with Crippen molar-refractivity contribution in [2.24, 2.45) is 7.05 Å². The van der Waals surface area contributed by atoms with Gasteiger partial charge in [-0.05, 0) is 50.2 Å². The van der Waals surface area contributed by atoms with Crippen LogP contribution in [0.1, 0.15) is 25.8 Å². The van der Waals surface area contributed by atoms with Gasteiger partial charge in [0.05, 0.1) is 12.4 Å². The van der Waals surface area contributed by atoms with Gasteiger partial charge in [0.15, 0.2) is 17.1 Å². The third kappa shape index (κ3) is 5.74. The summed E-state index contributed by atoms with van der Waals surface area (Å²) in [5, 5.41) is 11.9. The van der Waals surface area contributed by atoms with Gasteiger partial charge in [0.2, 0.25) is 5.91 Å². The van der Waals surface area contributed by atoms with E-state index in [2.05, 4.69) is 15.5 Å². The third-order valence-corrected chi connectivity index (χ3v) is 5.09. The number of aromatic nitrogens is 3. The molecule has 29 heavy (non-hydrogen) atoms. The molecule has 1 amide bonds. The number of rotatable bonds is 9. The van der Waals surface area contributed by atoms with Crippen LogP contribution < -0.4 is 14.8 Å². The molecule has 0 radical (unpaired) electrons. The van der Waals surface area contributed by atoms with Gasteiger partial charge in [0, 0.05) is 12.7 Å². The van der Waals surface area contributed by atoms with Gasteiger partial charge >= 0.3 is 0 Å². The lowest BCUT2D eigenvalue weighted by molar-refractivity contribution is -0.113. The van der Waals surface area contributed by atoms with Crippen LogP contribution in [-0.2, 0) is 11.8 Å². The minimum Gasteiger partial charge on any atom is -0.494 e. The van der Waals surface area contributed by atoms with E-state index < -0.39 is 0 Å². The zero-order valence-corrected chi connectivity index (χ0v) is 17.5. The van der Waals surface area contributed by atoms with Crippen LogP contribution >= 0.6 is 11.8 Å². The van der Waals surface area contributed by atoms with E-state index >= 15 is 0 Å². The molecule has 0 bridgehead atoms. The zero-order valence-electron chi connectivity index (χ0n) is 16.7. The molecule has 152 valence electrons. The van der Waals surface area contributed by atoms with Crippen molar-refractivity contribution in [1.82, 2.24) is 14.8 Å². The van der Waals surface area contributed by atoms with Crippen molar-refractivity contribution in [1.29, 1.82) is 0 Å². The molecule has 3 rings (SSSR count). The summed E-state index contributed by atoms with van der Waals surface area (Å²) >= 11 is 1.33. The maximum absolute atomic E-state index is 12.2. The molecule has 0 saturated carbocycles. The normalized spacial score (nSPS) is 11.7. The zero-order chi connectivity index (χ0) is 20.6. The Kier molecular flexibility index (Phi) is 7.13. The highest BCUT2D eigenvalue weighted by Crippen LogP contribution is 2.23. The fraction of sp³-hybridized carbons (Fsp3) is 0.286. The molecule has 2 aromatic carbocycles. The number of hydrogen-bond acceptors (Lipinski definition) is 6. The molecule has 1 aromatic heterocycles. The molecular weight excluding hydrogens is 388 g/mol. The van der Waals surface area contributed by atoms with Crippen molar-refractivity contribution in [3.8, 4) is 11.5 Å². The van der Waals surface area contributed by atoms with Crippen molar-refractivity contribution in [2.45, 2.75) is 25.1 Å². The molecule has 1 unspecified atom stereocenters. The summed E-state index contributed by atoms with van der Waals surface area (Å²) in [4.78, 5) is 12.2. The predicted molar refractivity (Wildman–Crippen MR) is 113 cm³/mol. The highest BCUT2D eigenvalue weighted by atomic mass is 32.2. The molecule has 1 heterocycles. The van der Waals surface area contributed by atoms with E-state index in [0.29, 0.717) is 17.6 Å². The maximum Gasteiger partial charge on any atom is 0.234 e. The van der Waals surface area contributed by atoms with E-state index in [0.717, 1.165) is 17.2 Å². The fourth-order valence-corrected chi connectivity index (χ4v) is 3.41. The van der Waals surface area contributed by atoms with Crippen molar-refractivity contribution in [3.05, 3.63) is 60.4 Å². The highest BCUT2D eigenvalue weighted by Gasteiger charge is 2.18. The van der Waals surface area contributed by atoms with Crippen LogP contribution in [0.2, 0.25) is 0 Å². The van der Waals surface area contributed by atoms with E-state index in [1.807, 2.05) is 80.1 Å². The number of amides is 1. The van der Waals surface area contributed by atoms with Crippen LogP contribution in [0.4, 0.5) is 5.69 Å². The Bertz CT molecular complexity index is 929. The molecule has 0 aliphatic heterocycles. The topological polar surface area (TPSA) is 78.3 Å². The van der Waals surface area contributed by atoms with Crippen LogP contribution in [0.5, 0.6) is 11.5 Å². The number of benzene rings is 2. The molecule has 8 heteroatoms. The van der Waals surface area contributed by atoms with Crippen LogP contribution in [0, 0.1) is 0 Å². The molecule has 0 spiro atoms. The fourth-order valence-electron chi connectivity index (χ4n) is 2.69. The highest BCUT2D eigenvalue weighted by molar-refractivity contribution is 7.99. The predicted octanol–water partition coefficient (Wildman–Crippen LogP) is 4.08. The monoisotopic (exact) mass is 412 g/mol. The average Bonchev–Trinajstić information content (AvgIpc) is 3.09. The Morgan fingerprint density at radius 2 is 1.83 bits per heavy atom. The second-order valence-corrected chi connectivity index (χ2v) is 7.21. The van der Waals surface area contributed by atoms with Crippen LogP contribution in [0.15, 0.2) is 59.8 Å². The largest absolute Gasteiger partial charge is 0.494 e. The number of nitrogens with one attached hydrogen (secondary N) is 1. The first-order chi connectivity index (χ1) is 14.1. The lowest BCUT2D eigenvalue weighted by atomic mass is 10.3. The van der Waals surface area contributed by atoms with Crippen molar-refractivity contribution >= 4 is 23.4 Å². The first-order valence-electron chi connectivity index (χ1n) is 9.33. The summed E-state index contributed by atoms with van der Waals surface area (Å²) in [6, 6.07) is 16.9. The van der Waals surface area contributed by atoms with E-state index in [9.17, 15) is 4.79 Å².